The van der Waals surface area contributed by atoms with E-state index in [1.165, 1.54) is 257 Å². The molecule has 0 rings (SSSR count). The zero-order valence-corrected chi connectivity index (χ0v) is 46.7. The molecule has 0 heterocycles. The zero-order chi connectivity index (χ0) is 50.2. The molecule has 0 aliphatic rings. The Morgan fingerprint density at radius 1 is 0.420 bits per heavy atom. The average molecular weight is 999 g/mol. The van der Waals surface area contributed by atoms with Gasteiger partial charge in [-0.15, -0.1) is 0 Å². The van der Waals surface area contributed by atoms with E-state index in [0.717, 1.165) is 32.1 Å². The van der Waals surface area contributed by atoms with Gasteiger partial charge in [0.05, 0.1) is 13.2 Å². The Morgan fingerprint density at radius 3 is 1.03 bits per heavy atom. The Kier molecular flexibility index (Phi) is 55.0. The molecule has 0 fully saturated rings. The maximum Gasteiger partial charge on any atom is 0.472 e. The molecule has 0 aliphatic heterocycles. The average Bonchev–Trinajstić information content (AvgIpc) is 3.34. The number of esters is 2. The molecule has 0 bridgehead atoms. The van der Waals surface area contributed by atoms with Crippen LogP contribution in [0.4, 0.5) is 0 Å². The number of ether oxygens (including phenoxy) is 2. The number of hydrogen-bond donors (Lipinski definition) is 2. The first-order valence-electron chi connectivity index (χ1n) is 30.2. The fourth-order valence-corrected chi connectivity index (χ4v) is 9.93. The molecule has 0 aromatic carbocycles. The minimum absolute atomic E-state index is 0.0576. The molecule has 2 atom stereocenters. The van der Waals surface area contributed by atoms with E-state index < -0.39 is 26.5 Å². The van der Waals surface area contributed by atoms with Gasteiger partial charge in [-0.3, -0.25) is 18.6 Å². The van der Waals surface area contributed by atoms with Crippen molar-refractivity contribution in [3.63, 3.8) is 0 Å². The van der Waals surface area contributed by atoms with Gasteiger partial charge >= 0.3 is 19.8 Å². The first-order valence-corrected chi connectivity index (χ1v) is 31.7. The van der Waals surface area contributed by atoms with Crippen LogP contribution in [0, 0.1) is 0 Å². The van der Waals surface area contributed by atoms with Crippen LogP contribution in [0.5, 0.6) is 0 Å². The summed E-state index contributed by atoms with van der Waals surface area (Å²) < 4.78 is 33.0. The highest BCUT2D eigenvalue weighted by molar-refractivity contribution is 7.47. The van der Waals surface area contributed by atoms with Crippen LogP contribution in [0.3, 0.4) is 0 Å². The lowest BCUT2D eigenvalue weighted by molar-refractivity contribution is -0.161. The van der Waals surface area contributed by atoms with Crippen LogP contribution in [0.25, 0.3) is 0 Å². The first kappa shape index (κ1) is 67.8. The van der Waals surface area contributed by atoms with E-state index in [4.69, 9.17) is 24.3 Å². The number of carbonyl (C=O) groups excluding carboxylic acids is 2. The molecule has 0 amide bonds. The number of hydrogen-bond acceptors (Lipinski definition) is 8. The zero-order valence-electron chi connectivity index (χ0n) is 45.8. The molecule has 9 nitrogen and oxygen atoms in total. The molecule has 0 aliphatic carbocycles. The normalized spacial score (nSPS) is 13.0. The topological polar surface area (TPSA) is 134 Å². The minimum atomic E-state index is -4.38. The standard InChI is InChI=1S/C59H116NO8P/c1-3-5-7-9-11-13-15-17-18-19-20-21-22-23-24-25-26-27-28-29-30-31-32-33-34-35-36-37-38-40-42-44-46-48-50-52-59(62)68-57(56-67-69(63,64)66-54-53-60)55-65-58(61)51-49-47-45-43-41-39-16-14-12-10-8-6-4-2/h19-20,57H,3-18,21-56,60H2,1-2H3,(H,63,64)/b20-19-. The van der Waals surface area contributed by atoms with E-state index in [2.05, 4.69) is 26.0 Å². The SMILES string of the molecule is CCCCCCCCCC/C=C\CCCCCCCCCCCCCCCCCCCCCCCCCC(=O)OC(COC(=O)CCCCCCCCCCCCCCC)COP(=O)(O)OCCN. The highest BCUT2D eigenvalue weighted by Gasteiger charge is 2.26. The molecule has 0 spiro atoms. The summed E-state index contributed by atoms with van der Waals surface area (Å²) in [7, 11) is -4.38. The van der Waals surface area contributed by atoms with Gasteiger partial charge in [-0.25, -0.2) is 4.57 Å². The second kappa shape index (κ2) is 56.1. The quantitative estimate of drug-likeness (QED) is 0.0264. The molecule has 0 radical (unpaired) electrons. The summed E-state index contributed by atoms with van der Waals surface area (Å²) in [5.41, 5.74) is 5.38. The molecular weight excluding hydrogens is 882 g/mol. The van der Waals surface area contributed by atoms with Crippen LogP contribution in [-0.2, 0) is 32.7 Å². The first-order chi connectivity index (χ1) is 33.8. The van der Waals surface area contributed by atoms with E-state index >= 15 is 0 Å². The van der Waals surface area contributed by atoms with E-state index in [0.29, 0.717) is 6.42 Å². The largest absolute Gasteiger partial charge is 0.472 e. The van der Waals surface area contributed by atoms with Crippen molar-refractivity contribution in [1.29, 1.82) is 0 Å². The van der Waals surface area contributed by atoms with Crippen molar-refractivity contribution in [2.24, 2.45) is 5.73 Å². The third kappa shape index (κ3) is 55.9. The molecule has 3 N–H and O–H groups in total. The summed E-state index contributed by atoms with van der Waals surface area (Å²) in [4.78, 5) is 35.1. The lowest BCUT2D eigenvalue weighted by Gasteiger charge is -2.19. The smallest absolute Gasteiger partial charge is 0.462 e. The predicted octanol–water partition coefficient (Wildman–Crippen LogP) is 18.9. The summed E-state index contributed by atoms with van der Waals surface area (Å²) in [6.45, 7) is 3.79. The van der Waals surface area contributed by atoms with Crippen molar-refractivity contribution in [3.05, 3.63) is 12.2 Å². The summed E-state index contributed by atoms with van der Waals surface area (Å²) in [5, 5.41) is 0. The molecule has 69 heavy (non-hydrogen) atoms. The maximum absolute atomic E-state index is 12.7. The van der Waals surface area contributed by atoms with Crippen LogP contribution in [-0.4, -0.2) is 49.3 Å². The van der Waals surface area contributed by atoms with Crippen molar-refractivity contribution in [2.75, 3.05) is 26.4 Å². The summed E-state index contributed by atoms with van der Waals surface area (Å²) >= 11 is 0. The Balaban J connectivity index is 3.76. The fraction of sp³-hybridized carbons (Fsp3) is 0.932. The van der Waals surface area contributed by atoms with Crippen LogP contribution >= 0.6 is 7.82 Å². The number of carbonyl (C=O) groups is 2. The number of nitrogens with two attached hydrogens (primary N) is 1. The second-order valence-corrected chi connectivity index (χ2v) is 22.0. The van der Waals surface area contributed by atoms with E-state index in [1.54, 1.807) is 0 Å². The fourth-order valence-electron chi connectivity index (χ4n) is 9.16. The van der Waals surface area contributed by atoms with Crippen molar-refractivity contribution >= 4 is 19.8 Å². The van der Waals surface area contributed by atoms with Gasteiger partial charge in [-0.1, -0.05) is 283 Å². The molecule has 0 aromatic heterocycles. The van der Waals surface area contributed by atoms with Crippen molar-refractivity contribution in [1.82, 2.24) is 0 Å². The van der Waals surface area contributed by atoms with Crippen molar-refractivity contribution in [3.8, 4) is 0 Å². The van der Waals surface area contributed by atoms with Gasteiger partial charge in [0.15, 0.2) is 6.10 Å². The van der Waals surface area contributed by atoms with E-state index in [-0.39, 0.29) is 38.6 Å². The molecular formula is C59H116NO8P. The van der Waals surface area contributed by atoms with Crippen LogP contribution in [0.2, 0.25) is 0 Å². The molecule has 2 unspecified atom stereocenters. The summed E-state index contributed by atoms with van der Waals surface area (Å²) in [6, 6.07) is 0. The van der Waals surface area contributed by atoms with Crippen molar-refractivity contribution in [2.45, 2.75) is 328 Å². The number of allylic oxidation sites excluding steroid dienone is 2. The Bertz CT molecular complexity index is 1140. The van der Waals surface area contributed by atoms with E-state index in [1.807, 2.05) is 0 Å². The monoisotopic (exact) mass is 998 g/mol. The third-order valence-electron chi connectivity index (χ3n) is 13.7. The summed E-state index contributed by atoms with van der Waals surface area (Å²) in [6.07, 6.45) is 64.4. The van der Waals surface area contributed by atoms with Gasteiger partial charge < -0.3 is 20.1 Å². The minimum Gasteiger partial charge on any atom is -0.462 e. The van der Waals surface area contributed by atoms with Gasteiger partial charge in [-0.05, 0) is 38.5 Å². The van der Waals surface area contributed by atoms with Gasteiger partial charge in [-0.2, -0.15) is 0 Å². The molecule has 0 aromatic rings. The highest BCUT2D eigenvalue weighted by atomic mass is 31.2. The Hall–Kier alpha value is -1.25. The number of rotatable bonds is 58. The van der Waals surface area contributed by atoms with E-state index in [9.17, 15) is 19.0 Å². The number of unbranched alkanes of at least 4 members (excludes halogenated alkanes) is 43. The lowest BCUT2D eigenvalue weighted by Crippen LogP contribution is -2.29. The van der Waals surface area contributed by atoms with Gasteiger partial charge in [0, 0.05) is 19.4 Å². The second-order valence-electron chi connectivity index (χ2n) is 20.6. The highest BCUT2D eigenvalue weighted by Crippen LogP contribution is 2.43. The maximum atomic E-state index is 12.7. The molecule has 10 heteroatoms. The summed E-state index contributed by atoms with van der Waals surface area (Å²) in [5.74, 6) is -0.808. The Labute approximate surface area is 428 Å². The van der Waals surface area contributed by atoms with Crippen LogP contribution < -0.4 is 5.73 Å². The number of phosphoric ester groups is 1. The third-order valence-corrected chi connectivity index (χ3v) is 14.6. The molecule has 410 valence electrons. The molecule has 0 saturated carbocycles. The van der Waals surface area contributed by atoms with Crippen LogP contribution in [0.15, 0.2) is 12.2 Å². The Morgan fingerprint density at radius 2 is 0.710 bits per heavy atom. The van der Waals surface area contributed by atoms with Crippen molar-refractivity contribution < 1.29 is 37.6 Å². The molecule has 0 saturated heterocycles. The number of phosphoric acid groups is 1. The van der Waals surface area contributed by atoms with Gasteiger partial charge in [0.2, 0.25) is 0 Å². The predicted molar refractivity (Wildman–Crippen MR) is 294 cm³/mol. The van der Waals surface area contributed by atoms with Gasteiger partial charge in [0.25, 0.3) is 0 Å². The lowest BCUT2D eigenvalue weighted by atomic mass is 10.0. The van der Waals surface area contributed by atoms with Gasteiger partial charge in [0.1, 0.15) is 6.61 Å². The van der Waals surface area contributed by atoms with Crippen LogP contribution in [0.1, 0.15) is 322 Å².